The summed E-state index contributed by atoms with van der Waals surface area (Å²) in [5.74, 6) is 0.827. The van der Waals surface area contributed by atoms with Gasteiger partial charge in [-0.3, -0.25) is 9.80 Å². The third-order valence-electron chi connectivity index (χ3n) is 6.77. The Bertz CT molecular complexity index is 1140. The molecule has 1 fully saturated rings. The first-order valence-corrected chi connectivity index (χ1v) is 12.1. The number of nitrogens with zero attached hydrogens (tertiary/aromatic N) is 2. The summed E-state index contributed by atoms with van der Waals surface area (Å²) < 4.78 is 6.03. The lowest BCUT2D eigenvalue weighted by Crippen LogP contribution is -2.50. The number of aliphatic hydroxyl groups excluding tert-OH is 1. The SMILES string of the molecule is Cc1c[nH]c2cccc(OC[C@@H](O)CN3CCN(C(c4ccccc4)c4ccccc4)CC3)c12. The number of rotatable bonds is 8. The van der Waals surface area contributed by atoms with E-state index >= 15 is 0 Å². The van der Waals surface area contributed by atoms with Gasteiger partial charge in [-0.25, -0.2) is 0 Å². The Labute approximate surface area is 201 Å². The molecule has 0 unspecified atom stereocenters. The van der Waals surface area contributed by atoms with Crippen LogP contribution >= 0.6 is 0 Å². The number of aromatic amines is 1. The molecule has 0 spiro atoms. The van der Waals surface area contributed by atoms with Crippen LogP contribution in [-0.4, -0.2) is 65.3 Å². The van der Waals surface area contributed by atoms with E-state index in [0.717, 1.165) is 48.4 Å². The molecule has 1 saturated heterocycles. The van der Waals surface area contributed by atoms with Crippen molar-refractivity contribution in [2.75, 3.05) is 39.3 Å². The first kappa shape index (κ1) is 22.7. The third kappa shape index (κ3) is 5.02. The van der Waals surface area contributed by atoms with Crippen molar-refractivity contribution in [1.82, 2.24) is 14.8 Å². The van der Waals surface area contributed by atoms with Gasteiger partial charge in [0.05, 0.1) is 6.04 Å². The molecule has 1 aromatic heterocycles. The summed E-state index contributed by atoms with van der Waals surface area (Å²) in [7, 11) is 0. The number of piperazine rings is 1. The van der Waals surface area contributed by atoms with Crippen molar-refractivity contribution in [2.24, 2.45) is 0 Å². The molecule has 2 N–H and O–H groups in total. The second kappa shape index (κ2) is 10.4. The molecule has 0 aliphatic carbocycles. The Hall–Kier alpha value is -3.12. The summed E-state index contributed by atoms with van der Waals surface area (Å²) in [5.41, 5.74) is 4.87. The van der Waals surface area contributed by atoms with Gasteiger partial charge in [0.1, 0.15) is 18.5 Å². The summed E-state index contributed by atoms with van der Waals surface area (Å²) in [6.45, 7) is 6.77. The van der Waals surface area contributed by atoms with Crippen LogP contribution in [0.15, 0.2) is 85.1 Å². The van der Waals surface area contributed by atoms with E-state index in [1.54, 1.807) is 0 Å². The van der Waals surface area contributed by atoms with Crippen molar-refractivity contribution in [3.63, 3.8) is 0 Å². The summed E-state index contributed by atoms with van der Waals surface area (Å²) >= 11 is 0. The molecule has 34 heavy (non-hydrogen) atoms. The van der Waals surface area contributed by atoms with Crippen LogP contribution in [0.1, 0.15) is 22.7 Å². The van der Waals surface area contributed by atoms with Gasteiger partial charge in [-0.1, -0.05) is 66.7 Å². The number of nitrogens with one attached hydrogen (secondary N) is 1. The number of ether oxygens (including phenoxy) is 1. The molecule has 0 saturated carbocycles. The van der Waals surface area contributed by atoms with Crippen molar-refractivity contribution in [2.45, 2.75) is 19.1 Å². The van der Waals surface area contributed by atoms with Crippen LogP contribution in [0, 0.1) is 6.92 Å². The molecule has 1 atom stereocenters. The molecule has 2 heterocycles. The van der Waals surface area contributed by atoms with Crippen molar-refractivity contribution >= 4 is 10.9 Å². The molecule has 176 valence electrons. The highest BCUT2D eigenvalue weighted by Crippen LogP contribution is 2.30. The number of aliphatic hydroxyl groups is 1. The first-order valence-electron chi connectivity index (χ1n) is 12.1. The van der Waals surface area contributed by atoms with E-state index < -0.39 is 6.10 Å². The maximum absolute atomic E-state index is 10.7. The fourth-order valence-electron chi connectivity index (χ4n) is 5.06. The number of β-amino-alcohol motifs (C(OH)–C–C–N with tert-alkyl or cyclic N) is 1. The highest BCUT2D eigenvalue weighted by Gasteiger charge is 2.27. The number of aryl methyl sites for hydroxylation is 1. The zero-order valence-electron chi connectivity index (χ0n) is 19.7. The van der Waals surface area contributed by atoms with Crippen molar-refractivity contribution in [3.05, 3.63) is 102 Å². The number of fused-ring (bicyclic) bond motifs is 1. The van der Waals surface area contributed by atoms with Crippen LogP contribution in [0.25, 0.3) is 10.9 Å². The van der Waals surface area contributed by atoms with Crippen LogP contribution in [0.3, 0.4) is 0 Å². The van der Waals surface area contributed by atoms with Crippen molar-refractivity contribution < 1.29 is 9.84 Å². The average Bonchev–Trinajstić information content (AvgIpc) is 3.27. The monoisotopic (exact) mass is 455 g/mol. The van der Waals surface area contributed by atoms with Gasteiger partial charge in [-0.2, -0.15) is 0 Å². The van der Waals surface area contributed by atoms with Crippen LogP contribution < -0.4 is 4.74 Å². The van der Waals surface area contributed by atoms with E-state index in [-0.39, 0.29) is 6.04 Å². The summed E-state index contributed by atoms with van der Waals surface area (Å²) in [6.07, 6.45) is 1.46. The largest absolute Gasteiger partial charge is 0.490 e. The smallest absolute Gasteiger partial charge is 0.129 e. The van der Waals surface area contributed by atoms with Gasteiger partial charge >= 0.3 is 0 Å². The molecule has 1 aliphatic rings. The number of benzene rings is 3. The zero-order chi connectivity index (χ0) is 23.3. The van der Waals surface area contributed by atoms with E-state index in [1.165, 1.54) is 11.1 Å². The quantitative estimate of drug-likeness (QED) is 0.407. The molecule has 5 rings (SSSR count). The van der Waals surface area contributed by atoms with Crippen LogP contribution in [0.4, 0.5) is 0 Å². The topological polar surface area (TPSA) is 51.7 Å². The predicted molar refractivity (Wildman–Crippen MR) is 137 cm³/mol. The molecule has 1 aliphatic heterocycles. The fraction of sp³-hybridized carbons (Fsp3) is 0.310. The molecule has 0 bridgehead atoms. The van der Waals surface area contributed by atoms with Gasteiger partial charge in [-0.05, 0) is 35.7 Å². The zero-order valence-corrected chi connectivity index (χ0v) is 19.7. The average molecular weight is 456 g/mol. The lowest BCUT2D eigenvalue weighted by atomic mass is 9.96. The minimum absolute atomic E-state index is 0.253. The summed E-state index contributed by atoms with van der Waals surface area (Å²) in [6, 6.07) is 27.8. The Kier molecular flexibility index (Phi) is 6.95. The van der Waals surface area contributed by atoms with Crippen molar-refractivity contribution in [1.29, 1.82) is 0 Å². The summed E-state index contributed by atoms with van der Waals surface area (Å²) in [4.78, 5) is 8.16. The molecule has 0 amide bonds. The van der Waals surface area contributed by atoms with Gasteiger partial charge in [0, 0.05) is 49.8 Å². The van der Waals surface area contributed by atoms with Gasteiger partial charge in [-0.15, -0.1) is 0 Å². The third-order valence-corrected chi connectivity index (χ3v) is 6.77. The van der Waals surface area contributed by atoms with E-state index in [2.05, 4.69) is 82.4 Å². The van der Waals surface area contributed by atoms with Gasteiger partial charge in [0.2, 0.25) is 0 Å². The number of hydrogen-bond donors (Lipinski definition) is 2. The van der Waals surface area contributed by atoms with Gasteiger partial charge in [0.25, 0.3) is 0 Å². The van der Waals surface area contributed by atoms with Crippen LogP contribution in [0.2, 0.25) is 0 Å². The second-order valence-corrected chi connectivity index (χ2v) is 9.18. The lowest BCUT2D eigenvalue weighted by molar-refractivity contribution is 0.0404. The molecule has 5 heteroatoms. The Balaban J connectivity index is 1.18. The van der Waals surface area contributed by atoms with Crippen LogP contribution in [0.5, 0.6) is 5.75 Å². The lowest BCUT2D eigenvalue weighted by Gasteiger charge is -2.40. The Morgan fingerprint density at radius 3 is 2.15 bits per heavy atom. The van der Waals surface area contributed by atoms with E-state index in [0.29, 0.717) is 13.2 Å². The van der Waals surface area contributed by atoms with E-state index in [4.69, 9.17) is 4.74 Å². The van der Waals surface area contributed by atoms with E-state index in [9.17, 15) is 5.11 Å². The molecule has 3 aromatic carbocycles. The van der Waals surface area contributed by atoms with Gasteiger partial charge < -0.3 is 14.8 Å². The van der Waals surface area contributed by atoms with Gasteiger partial charge in [0.15, 0.2) is 0 Å². The summed E-state index contributed by atoms with van der Waals surface area (Å²) in [5, 5.41) is 11.8. The molecule has 5 nitrogen and oxygen atoms in total. The Morgan fingerprint density at radius 2 is 1.50 bits per heavy atom. The fourth-order valence-corrected chi connectivity index (χ4v) is 5.06. The van der Waals surface area contributed by atoms with Crippen LogP contribution in [-0.2, 0) is 0 Å². The predicted octanol–water partition coefficient (Wildman–Crippen LogP) is 4.62. The minimum atomic E-state index is -0.528. The highest BCUT2D eigenvalue weighted by atomic mass is 16.5. The molecule has 0 radical (unpaired) electrons. The maximum atomic E-state index is 10.7. The molecular formula is C29H33N3O2. The van der Waals surface area contributed by atoms with E-state index in [1.807, 2.05) is 24.4 Å². The Morgan fingerprint density at radius 1 is 0.853 bits per heavy atom. The standard InChI is InChI=1S/C29H33N3O2/c1-22-19-30-26-13-8-14-27(28(22)26)34-21-25(33)20-31-15-17-32(18-16-31)29(23-9-4-2-5-10-23)24-11-6-3-7-12-24/h2-14,19,25,29-30,33H,15-18,20-21H2,1H3/t25-/m0/s1. The second-order valence-electron chi connectivity index (χ2n) is 9.18. The molecular weight excluding hydrogens is 422 g/mol. The first-order chi connectivity index (χ1) is 16.7. The minimum Gasteiger partial charge on any atom is -0.490 e. The molecule has 4 aromatic rings. The normalized spacial score (nSPS) is 16.2. The number of H-pyrrole nitrogens is 1. The number of aromatic nitrogens is 1. The maximum Gasteiger partial charge on any atom is 0.129 e. The van der Waals surface area contributed by atoms with Crippen molar-refractivity contribution in [3.8, 4) is 5.75 Å². The highest BCUT2D eigenvalue weighted by molar-refractivity contribution is 5.89. The number of hydrogen-bond acceptors (Lipinski definition) is 4.